The summed E-state index contributed by atoms with van der Waals surface area (Å²) < 4.78 is 5.60. The van der Waals surface area contributed by atoms with Crippen LogP contribution in [0.5, 0.6) is 0 Å². The number of hydrogen-bond acceptors (Lipinski definition) is 4. The molecule has 1 aliphatic heterocycles. The molecule has 0 bridgehead atoms. The van der Waals surface area contributed by atoms with E-state index in [1.807, 2.05) is 30.3 Å². The third-order valence-corrected chi connectivity index (χ3v) is 4.25. The number of nitrogens with one attached hydrogen (secondary N) is 2. The fourth-order valence-corrected chi connectivity index (χ4v) is 3.72. The van der Waals surface area contributed by atoms with Gasteiger partial charge in [0.15, 0.2) is 0 Å². The van der Waals surface area contributed by atoms with Gasteiger partial charge in [-0.15, -0.1) is 0 Å². The van der Waals surface area contributed by atoms with Gasteiger partial charge in [0, 0.05) is 23.7 Å². The summed E-state index contributed by atoms with van der Waals surface area (Å²) in [5.74, 6) is 0. The number of piperidine rings is 1. The molecule has 0 radical (unpaired) electrons. The summed E-state index contributed by atoms with van der Waals surface area (Å²) in [6.45, 7) is 10.4. The zero-order chi connectivity index (χ0) is 16.9. The Morgan fingerprint density at radius 1 is 1.17 bits per heavy atom. The molecule has 1 heterocycles. The van der Waals surface area contributed by atoms with E-state index >= 15 is 0 Å². The van der Waals surface area contributed by atoms with Gasteiger partial charge in [-0.1, -0.05) is 30.3 Å². The maximum Gasteiger partial charge on any atom is 0.0897 e. The molecule has 1 aromatic carbocycles. The highest BCUT2D eigenvalue weighted by Gasteiger charge is 2.37. The maximum absolute atomic E-state index is 10.1. The Morgan fingerprint density at radius 3 is 2.39 bits per heavy atom. The second-order valence-electron chi connectivity index (χ2n) is 8.06. The van der Waals surface area contributed by atoms with Gasteiger partial charge in [0.05, 0.1) is 19.3 Å². The Balaban J connectivity index is 1.68. The summed E-state index contributed by atoms with van der Waals surface area (Å²) >= 11 is 0. The minimum Gasteiger partial charge on any atom is -0.389 e. The van der Waals surface area contributed by atoms with Crippen LogP contribution in [0.25, 0.3) is 0 Å². The van der Waals surface area contributed by atoms with E-state index in [-0.39, 0.29) is 11.1 Å². The summed E-state index contributed by atoms with van der Waals surface area (Å²) in [5.41, 5.74) is 1.37. The van der Waals surface area contributed by atoms with Crippen molar-refractivity contribution in [2.24, 2.45) is 0 Å². The molecule has 0 aliphatic carbocycles. The number of rotatable bonds is 7. The van der Waals surface area contributed by atoms with Crippen molar-refractivity contribution in [1.82, 2.24) is 10.6 Å². The first-order chi connectivity index (χ1) is 10.8. The number of aliphatic hydroxyl groups is 1. The fourth-order valence-electron chi connectivity index (χ4n) is 3.72. The van der Waals surface area contributed by atoms with Gasteiger partial charge in [0.2, 0.25) is 0 Å². The lowest BCUT2D eigenvalue weighted by Gasteiger charge is -2.47. The summed E-state index contributed by atoms with van der Waals surface area (Å²) in [5, 5.41) is 17.3. The molecule has 1 saturated heterocycles. The number of ether oxygens (including phenoxy) is 1. The monoisotopic (exact) mass is 320 g/mol. The lowest BCUT2D eigenvalue weighted by Crippen LogP contribution is -2.62. The molecule has 1 fully saturated rings. The molecule has 0 unspecified atom stereocenters. The van der Waals surface area contributed by atoms with Crippen molar-refractivity contribution in [2.45, 2.75) is 70.4 Å². The maximum atomic E-state index is 10.1. The van der Waals surface area contributed by atoms with Gasteiger partial charge in [0.1, 0.15) is 0 Å². The second-order valence-corrected chi connectivity index (χ2v) is 8.06. The van der Waals surface area contributed by atoms with Crippen LogP contribution in [0.4, 0.5) is 0 Å². The second kappa shape index (κ2) is 7.75. The molecular weight excluding hydrogens is 288 g/mol. The first kappa shape index (κ1) is 18.4. The molecule has 1 aromatic rings. The third kappa shape index (κ3) is 6.60. The highest BCUT2D eigenvalue weighted by molar-refractivity contribution is 5.13. The van der Waals surface area contributed by atoms with E-state index in [4.69, 9.17) is 4.74 Å². The van der Waals surface area contributed by atoms with E-state index in [1.54, 1.807) is 0 Å². The molecule has 0 aromatic heterocycles. The average molecular weight is 320 g/mol. The van der Waals surface area contributed by atoms with Crippen LogP contribution in [0.15, 0.2) is 30.3 Å². The van der Waals surface area contributed by atoms with Crippen molar-refractivity contribution in [1.29, 1.82) is 0 Å². The van der Waals surface area contributed by atoms with Crippen molar-refractivity contribution < 1.29 is 9.84 Å². The van der Waals surface area contributed by atoms with E-state index in [0.717, 1.165) is 18.4 Å². The van der Waals surface area contributed by atoms with Crippen LogP contribution in [-0.2, 0) is 11.3 Å². The smallest absolute Gasteiger partial charge is 0.0897 e. The van der Waals surface area contributed by atoms with Crippen molar-refractivity contribution in [3.8, 4) is 0 Å². The van der Waals surface area contributed by atoms with Gasteiger partial charge in [0.25, 0.3) is 0 Å². The molecule has 2 rings (SSSR count). The Morgan fingerprint density at radius 2 is 1.78 bits per heavy atom. The molecule has 4 heteroatoms. The van der Waals surface area contributed by atoms with Crippen LogP contribution in [-0.4, -0.2) is 41.5 Å². The van der Waals surface area contributed by atoms with Gasteiger partial charge in [-0.2, -0.15) is 0 Å². The Kier molecular flexibility index (Phi) is 6.20. The topological polar surface area (TPSA) is 53.5 Å². The normalized spacial score (nSPS) is 22.0. The third-order valence-electron chi connectivity index (χ3n) is 4.25. The van der Waals surface area contributed by atoms with E-state index in [0.29, 0.717) is 25.8 Å². The molecule has 1 aliphatic rings. The van der Waals surface area contributed by atoms with Crippen molar-refractivity contribution in [3.05, 3.63) is 35.9 Å². The van der Waals surface area contributed by atoms with Crippen LogP contribution in [0.3, 0.4) is 0 Å². The SMILES string of the molecule is CC1(C)CC(NC[C@@H](O)COCc2ccccc2)CC(C)(C)N1. The molecule has 0 spiro atoms. The largest absolute Gasteiger partial charge is 0.389 e. The predicted molar refractivity (Wildman–Crippen MR) is 94.4 cm³/mol. The number of benzene rings is 1. The van der Waals surface area contributed by atoms with Crippen LogP contribution in [0, 0.1) is 0 Å². The van der Waals surface area contributed by atoms with Crippen molar-refractivity contribution in [3.63, 3.8) is 0 Å². The van der Waals surface area contributed by atoms with Gasteiger partial charge in [-0.05, 0) is 46.1 Å². The highest BCUT2D eigenvalue weighted by Crippen LogP contribution is 2.28. The molecule has 0 amide bonds. The standard InChI is InChI=1S/C19H32N2O2/c1-18(2)10-16(11-19(3,4)21-18)20-12-17(22)14-23-13-15-8-6-5-7-9-15/h5-9,16-17,20-22H,10-14H2,1-4H3/t17-/m1/s1. The van der Waals surface area contributed by atoms with Gasteiger partial charge in [-0.3, -0.25) is 0 Å². The number of hydrogen-bond donors (Lipinski definition) is 3. The van der Waals surface area contributed by atoms with Gasteiger partial charge >= 0.3 is 0 Å². The highest BCUT2D eigenvalue weighted by atomic mass is 16.5. The minimum absolute atomic E-state index is 0.119. The molecule has 3 N–H and O–H groups in total. The minimum atomic E-state index is -0.472. The van der Waals surface area contributed by atoms with E-state index in [9.17, 15) is 5.11 Å². The molecule has 1 atom stereocenters. The Hall–Kier alpha value is -0.940. The van der Waals surface area contributed by atoms with E-state index in [1.165, 1.54) is 0 Å². The van der Waals surface area contributed by atoms with E-state index in [2.05, 4.69) is 38.3 Å². The first-order valence-electron chi connectivity index (χ1n) is 8.58. The summed E-state index contributed by atoms with van der Waals surface area (Å²) in [6, 6.07) is 10.5. The summed E-state index contributed by atoms with van der Waals surface area (Å²) in [7, 11) is 0. The zero-order valence-corrected chi connectivity index (χ0v) is 14.9. The lowest BCUT2D eigenvalue weighted by molar-refractivity contribution is 0.0248. The van der Waals surface area contributed by atoms with Crippen LogP contribution < -0.4 is 10.6 Å². The van der Waals surface area contributed by atoms with Crippen LogP contribution in [0.1, 0.15) is 46.1 Å². The zero-order valence-electron chi connectivity index (χ0n) is 14.9. The Labute approximate surface area is 140 Å². The average Bonchev–Trinajstić information content (AvgIpc) is 2.43. The molecule has 23 heavy (non-hydrogen) atoms. The molecular formula is C19H32N2O2. The Bertz CT molecular complexity index is 458. The molecule has 130 valence electrons. The predicted octanol–water partition coefficient (Wildman–Crippen LogP) is 2.46. The van der Waals surface area contributed by atoms with E-state index < -0.39 is 6.10 Å². The quantitative estimate of drug-likeness (QED) is 0.722. The van der Waals surface area contributed by atoms with Gasteiger partial charge in [-0.25, -0.2) is 0 Å². The fraction of sp³-hybridized carbons (Fsp3) is 0.684. The van der Waals surface area contributed by atoms with Crippen LogP contribution in [0.2, 0.25) is 0 Å². The van der Waals surface area contributed by atoms with Crippen molar-refractivity contribution in [2.75, 3.05) is 13.2 Å². The lowest BCUT2D eigenvalue weighted by atomic mass is 9.79. The summed E-state index contributed by atoms with van der Waals surface area (Å²) in [6.07, 6.45) is 1.65. The van der Waals surface area contributed by atoms with Crippen LogP contribution >= 0.6 is 0 Å². The van der Waals surface area contributed by atoms with Gasteiger partial charge < -0.3 is 20.5 Å². The van der Waals surface area contributed by atoms with Crippen molar-refractivity contribution >= 4 is 0 Å². The molecule has 4 nitrogen and oxygen atoms in total. The first-order valence-corrected chi connectivity index (χ1v) is 8.58. The summed E-state index contributed by atoms with van der Waals surface area (Å²) in [4.78, 5) is 0. The number of aliphatic hydroxyl groups excluding tert-OH is 1. The molecule has 0 saturated carbocycles.